The van der Waals surface area contributed by atoms with E-state index in [0.717, 1.165) is 30.4 Å². The predicted molar refractivity (Wildman–Crippen MR) is 98.1 cm³/mol. The third-order valence-corrected chi connectivity index (χ3v) is 4.48. The number of benzene rings is 1. The van der Waals surface area contributed by atoms with Crippen molar-refractivity contribution >= 4 is 23.2 Å². The van der Waals surface area contributed by atoms with Crippen LogP contribution in [-0.4, -0.2) is 42.9 Å². The van der Waals surface area contributed by atoms with Gasteiger partial charge in [0.1, 0.15) is 6.54 Å². The lowest BCUT2D eigenvalue weighted by atomic mass is 9.99. The van der Waals surface area contributed by atoms with Crippen molar-refractivity contribution in [2.75, 3.05) is 36.4 Å². The van der Waals surface area contributed by atoms with Gasteiger partial charge in [0.15, 0.2) is 0 Å². The number of anilines is 2. The van der Waals surface area contributed by atoms with Crippen molar-refractivity contribution in [2.24, 2.45) is 5.92 Å². The standard InChI is InChI=1S/C19H27N3O2/c1-4-19(24)21(5-2)14-18(23)20-16-7-6-8-17(13-16)22-11-9-15(3)10-12-22/h4,6-8,13,15H,1,5,9-12,14H2,2-3H3,(H,20,23). The van der Waals surface area contributed by atoms with Crippen LogP contribution in [0.25, 0.3) is 0 Å². The molecular weight excluding hydrogens is 302 g/mol. The van der Waals surface area contributed by atoms with Crippen molar-refractivity contribution in [3.05, 3.63) is 36.9 Å². The molecule has 130 valence electrons. The number of nitrogens with zero attached hydrogens (tertiary/aromatic N) is 2. The molecule has 2 rings (SSSR count). The molecular formula is C19H27N3O2. The Morgan fingerprint density at radius 2 is 2.08 bits per heavy atom. The van der Waals surface area contributed by atoms with Crippen molar-refractivity contribution in [1.29, 1.82) is 0 Å². The SMILES string of the molecule is C=CC(=O)N(CC)CC(=O)Nc1cccc(N2CCC(C)CC2)c1. The zero-order chi connectivity index (χ0) is 17.5. The van der Waals surface area contributed by atoms with E-state index in [-0.39, 0.29) is 18.4 Å². The normalized spacial score (nSPS) is 15.0. The fourth-order valence-corrected chi connectivity index (χ4v) is 2.90. The van der Waals surface area contributed by atoms with Crippen LogP contribution in [0.1, 0.15) is 26.7 Å². The molecule has 1 aliphatic rings. The summed E-state index contributed by atoms with van der Waals surface area (Å²) >= 11 is 0. The minimum absolute atomic E-state index is 0.0345. The van der Waals surface area contributed by atoms with Gasteiger partial charge in [-0.15, -0.1) is 0 Å². The van der Waals surface area contributed by atoms with Crippen LogP contribution in [0, 0.1) is 5.92 Å². The first kappa shape index (κ1) is 18.0. The van der Waals surface area contributed by atoms with Gasteiger partial charge < -0.3 is 15.1 Å². The molecule has 1 N–H and O–H groups in total. The molecule has 0 unspecified atom stereocenters. The molecule has 1 aliphatic heterocycles. The van der Waals surface area contributed by atoms with Crippen LogP contribution in [0.15, 0.2) is 36.9 Å². The van der Waals surface area contributed by atoms with E-state index in [4.69, 9.17) is 0 Å². The van der Waals surface area contributed by atoms with Crippen molar-refractivity contribution in [2.45, 2.75) is 26.7 Å². The maximum absolute atomic E-state index is 12.2. The summed E-state index contributed by atoms with van der Waals surface area (Å²) in [6.07, 6.45) is 3.63. The monoisotopic (exact) mass is 329 g/mol. The van der Waals surface area contributed by atoms with E-state index < -0.39 is 0 Å². The van der Waals surface area contributed by atoms with Crippen LogP contribution in [0.5, 0.6) is 0 Å². The summed E-state index contributed by atoms with van der Waals surface area (Å²) in [5, 5.41) is 2.88. The highest BCUT2D eigenvalue weighted by atomic mass is 16.2. The molecule has 0 atom stereocenters. The van der Waals surface area contributed by atoms with E-state index in [9.17, 15) is 9.59 Å². The Morgan fingerprint density at radius 1 is 1.38 bits per heavy atom. The summed E-state index contributed by atoms with van der Waals surface area (Å²) in [5.41, 5.74) is 1.90. The predicted octanol–water partition coefficient (Wildman–Crippen LogP) is 2.90. The summed E-state index contributed by atoms with van der Waals surface area (Å²) < 4.78 is 0. The molecule has 1 saturated heterocycles. The third kappa shape index (κ3) is 4.85. The van der Waals surface area contributed by atoms with Crippen molar-refractivity contribution in [1.82, 2.24) is 4.90 Å². The summed E-state index contributed by atoms with van der Waals surface area (Å²) in [4.78, 5) is 27.6. The molecule has 0 saturated carbocycles. The van der Waals surface area contributed by atoms with Gasteiger partial charge in [-0.2, -0.15) is 0 Å². The molecule has 0 spiro atoms. The Kier molecular flexibility index (Phi) is 6.41. The molecule has 1 fully saturated rings. The summed E-state index contributed by atoms with van der Waals surface area (Å²) in [6.45, 7) is 10.2. The van der Waals surface area contributed by atoms with Gasteiger partial charge in [-0.3, -0.25) is 9.59 Å². The Labute approximate surface area is 144 Å². The van der Waals surface area contributed by atoms with Crippen molar-refractivity contribution in [3.8, 4) is 0 Å². The number of amides is 2. The lowest BCUT2D eigenvalue weighted by Gasteiger charge is -2.32. The maximum atomic E-state index is 12.2. The number of piperidine rings is 1. The molecule has 0 radical (unpaired) electrons. The lowest BCUT2D eigenvalue weighted by Crippen LogP contribution is -2.36. The molecule has 5 nitrogen and oxygen atoms in total. The van der Waals surface area contributed by atoms with Crippen molar-refractivity contribution in [3.63, 3.8) is 0 Å². The zero-order valence-electron chi connectivity index (χ0n) is 14.6. The number of carbonyl (C=O) groups is 2. The Hall–Kier alpha value is -2.30. The van der Waals surface area contributed by atoms with Gasteiger partial charge in [-0.25, -0.2) is 0 Å². The smallest absolute Gasteiger partial charge is 0.246 e. The van der Waals surface area contributed by atoms with Gasteiger partial charge in [0, 0.05) is 31.0 Å². The number of likely N-dealkylation sites (N-methyl/N-ethyl adjacent to an activating group) is 1. The van der Waals surface area contributed by atoms with E-state index in [0.29, 0.717) is 6.54 Å². The molecule has 1 aromatic carbocycles. The van der Waals surface area contributed by atoms with Crippen LogP contribution < -0.4 is 10.2 Å². The second-order valence-electron chi connectivity index (χ2n) is 6.32. The minimum Gasteiger partial charge on any atom is -0.371 e. The van der Waals surface area contributed by atoms with Crippen LogP contribution in [0.3, 0.4) is 0 Å². The number of hydrogen-bond donors (Lipinski definition) is 1. The first-order chi connectivity index (χ1) is 11.5. The molecule has 24 heavy (non-hydrogen) atoms. The van der Waals surface area contributed by atoms with Crippen LogP contribution in [0.2, 0.25) is 0 Å². The van der Waals surface area contributed by atoms with Crippen LogP contribution >= 0.6 is 0 Å². The highest BCUT2D eigenvalue weighted by Crippen LogP contribution is 2.25. The van der Waals surface area contributed by atoms with Crippen LogP contribution in [0.4, 0.5) is 11.4 Å². The summed E-state index contributed by atoms with van der Waals surface area (Å²) in [6, 6.07) is 7.90. The second-order valence-corrected chi connectivity index (χ2v) is 6.32. The average molecular weight is 329 g/mol. The maximum Gasteiger partial charge on any atom is 0.246 e. The zero-order valence-corrected chi connectivity index (χ0v) is 14.6. The fraction of sp³-hybridized carbons (Fsp3) is 0.474. The lowest BCUT2D eigenvalue weighted by molar-refractivity contribution is -0.130. The van der Waals surface area contributed by atoms with E-state index >= 15 is 0 Å². The Balaban J connectivity index is 1.97. The van der Waals surface area contributed by atoms with Crippen molar-refractivity contribution < 1.29 is 9.59 Å². The van der Waals surface area contributed by atoms with Gasteiger partial charge in [0.25, 0.3) is 0 Å². The number of hydrogen-bond acceptors (Lipinski definition) is 3. The van der Waals surface area contributed by atoms with E-state index in [1.165, 1.54) is 23.8 Å². The first-order valence-electron chi connectivity index (χ1n) is 8.59. The third-order valence-electron chi connectivity index (χ3n) is 4.48. The molecule has 1 heterocycles. The number of rotatable bonds is 6. The molecule has 5 heteroatoms. The Morgan fingerprint density at radius 3 is 2.71 bits per heavy atom. The number of carbonyl (C=O) groups excluding carboxylic acids is 2. The minimum atomic E-state index is -0.233. The number of nitrogens with one attached hydrogen (secondary N) is 1. The van der Waals surface area contributed by atoms with Gasteiger partial charge in [-0.05, 0) is 50.0 Å². The van der Waals surface area contributed by atoms with Gasteiger partial charge in [0.05, 0.1) is 0 Å². The molecule has 2 amide bonds. The van der Waals surface area contributed by atoms with E-state index in [2.05, 4.69) is 29.8 Å². The molecule has 0 aromatic heterocycles. The van der Waals surface area contributed by atoms with E-state index in [1.54, 1.807) is 0 Å². The average Bonchev–Trinajstić information content (AvgIpc) is 2.59. The largest absolute Gasteiger partial charge is 0.371 e. The van der Waals surface area contributed by atoms with Gasteiger partial charge in [-0.1, -0.05) is 19.6 Å². The molecule has 0 bridgehead atoms. The fourth-order valence-electron chi connectivity index (χ4n) is 2.90. The van der Waals surface area contributed by atoms with Gasteiger partial charge >= 0.3 is 0 Å². The highest BCUT2D eigenvalue weighted by molar-refractivity contribution is 5.96. The molecule has 1 aromatic rings. The van der Waals surface area contributed by atoms with Crippen LogP contribution in [-0.2, 0) is 9.59 Å². The molecule has 0 aliphatic carbocycles. The summed E-state index contributed by atoms with van der Waals surface area (Å²) in [5.74, 6) is 0.354. The van der Waals surface area contributed by atoms with E-state index in [1.807, 2.05) is 25.1 Å². The first-order valence-corrected chi connectivity index (χ1v) is 8.59. The highest BCUT2D eigenvalue weighted by Gasteiger charge is 2.17. The summed E-state index contributed by atoms with van der Waals surface area (Å²) in [7, 11) is 0. The Bertz CT molecular complexity index is 592. The quantitative estimate of drug-likeness (QED) is 0.817. The second kappa shape index (κ2) is 8.52. The topological polar surface area (TPSA) is 52.7 Å². The van der Waals surface area contributed by atoms with Gasteiger partial charge in [0.2, 0.25) is 11.8 Å².